The minimum Gasteiger partial charge on any atom is -0.466 e. The van der Waals surface area contributed by atoms with Gasteiger partial charge in [0.2, 0.25) is 0 Å². The summed E-state index contributed by atoms with van der Waals surface area (Å²) in [5.74, 6) is -0.601. The molecule has 0 spiro atoms. The fourth-order valence-electron chi connectivity index (χ4n) is 1.49. The molecule has 0 aromatic heterocycles. The minimum atomic E-state index is -0.324. The van der Waals surface area contributed by atoms with Crippen molar-refractivity contribution >= 4 is 17.6 Å². The van der Waals surface area contributed by atoms with Gasteiger partial charge in [-0.15, -0.1) is 0 Å². The number of nitrogens with two attached hydrogens (primary N) is 1. The van der Waals surface area contributed by atoms with Crippen molar-refractivity contribution < 1.29 is 14.3 Å². The van der Waals surface area contributed by atoms with Gasteiger partial charge in [0.1, 0.15) is 0 Å². The van der Waals surface area contributed by atoms with Gasteiger partial charge in [-0.05, 0) is 25.5 Å². The topological polar surface area (TPSA) is 81.4 Å². The largest absolute Gasteiger partial charge is 0.466 e. The third-order valence-electron chi connectivity index (χ3n) is 2.49. The van der Waals surface area contributed by atoms with Crippen molar-refractivity contribution in [2.75, 3.05) is 18.9 Å². The van der Waals surface area contributed by atoms with Gasteiger partial charge in [0.25, 0.3) is 5.91 Å². The summed E-state index contributed by atoms with van der Waals surface area (Å²) >= 11 is 0. The fourth-order valence-corrected chi connectivity index (χ4v) is 1.49. The second-order valence-corrected chi connectivity index (χ2v) is 3.85. The van der Waals surface area contributed by atoms with Crippen LogP contribution in [-0.2, 0) is 9.53 Å². The zero-order valence-electron chi connectivity index (χ0n) is 10.7. The molecule has 0 fully saturated rings. The van der Waals surface area contributed by atoms with Crippen LogP contribution in [0.5, 0.6) is 0 Å². The maximum atomic E-state index is 11.8. The molecule has 0 heterocycles. The van der Waals surface area contributed by atoms with Gasteiger partial charge in [-0.25, -0.2) is 0 Å². The van der Waals surface area contributed by atoms with E-state index >= 15 is 0 Å². The van der Waals surface area contributed by atoms with Crippen LogP contribution >= 0.6 is 0 Å². The Morgan fingerprint density at radius 1 is 1.39 bits per heavy atom. The van der Waals surface area contributed by atoms with Crippen molar-refractivity contribution in [2.45, 2.75) is 20.3 Å². The molecule has 0 aliphatic heterocycles. The van der Waals surface area contributed by atoms with Crippen LogP contribution in [0.1, 0.15) is 29.3 Å². The number of esters is 1. The SMILES string of the molecule is CCOC(=O)CCNC(=O)c1cccc(C)c1N. The van der Waals surface area contributed by atoms with Crippen LogP contribution in [0, 0.1) is 6.92 Å². The number of hydrogen-bond acceptors (Lipinski definition) is 4. The van der Waals surface area contributed by atoms with E-state index < -0.39 is 0 Å². The molecule has 0 saturated carbocycles. The van der Waals surface area contributed by atoms with E-state index in [-0.39, 0.29) is 24.8 Å². The van der Waals surface area contributed by atoms with Gasteiger partial charge in [0.05, 0.1) is 18.6 Å². The zero-order chi connectivity index (χ0) is 13.5. The van der Waals surface area contributed by atoms with E-state index in [1.807, 2.05) is 13.0 Å². The summed E-state index contributed by atoms with van der Waals surface area (Å²) in [6.07, 6.45) is 0.158. The Balaban J connectivity index is 2.51. The number of rotatable bonds is 5. The average Bonchev–Trinajstić information content (AvgIpc) is 2.33. The molecule has 98 valence electrons. The number of carbonyl (C=O) groups is 2. The van der Waals surface area contributed by atoms with E-state index in [0.717, 1.165) is 5.56 Å². The average molecular weight is 250 g/mol. The second-order valence-electron chi connectivity index (χ2n) is 3.85. The predicted octanol–water partition coefficient (Wildman–Crippen LogP) is 1.26. The van der Waals surface area contributed by atoms with Gasteiger partial charge in [0, 0.05) is 12.2 Å². The molecular weight excluding hydrogens is 232 g/mol. The Hall–Kier alpha value is -2.04. The van der Waals surface area contributed by atoms with Gasteiger partial charge < -0.3 is 15.8 Å². The number of ether oxygens (including phenoxy) is 1. The molecule has 1 rings (SSSR count). The Bertz CT molecular complexity index is 444. The number of amides is 1. The van der Waals surface area contributed by atoms with Crippen LogP contribution in [0.4, 0.5) is 5.69 Å². The molecule has 0 aliphatic rings. The predicted molar refractivity (Wildman–Crippen MR) is 69.2 cm³/mol. The van der Waals surface area contributed by atoms with E-state index in [1.165, 1.54) is 0 Å². The molecule has 1 aromatic carbocycles. The number of hydrogen-bond donors (Lipinski definition) is 2. The molecule has 0 radical (unpaired) electrons. The lowest BCUT2D eigenvalue weighted by Gasteiger charge is -2.09. The standard InChI is InChI=1S/C13H18N2O3/c1-3-18-11(16)7-8-15-13(17)10-6-4-5-9(2)12(10)14/h4-6H,3,7-8,14H2,1-2H3,(H,15,17). The highest BCUT2D eigenvalue weighted by molar-refractivity contribution is 5.99. The third-order valence-corrected chi connectivity index (χ3v) is 2.49. The Kier molecular flexibility index (Phi) is 5.17. The molecule has 0 atom stereocenters. The Labute approximate surface area is 106 Å². The maximum absolute atomic E-state index is 11.8. The van der Waals surface area contributed by atoms with Gasteiger partial charge >= 0.3 is 5.97 Å². The monoisotopic (exact) mass is 250 g/mol. The first-order chi connectivity index (χ1) is 8.56. The third kappa shape index (κ3) is 3.76. The van der Waals surface area contributed by atoms with Crippen molar-refractivity contribution in [3.05, 3.63) is 29.3 Å². The molecule has 0 aliphatic carbocycles. The minimum absolute atomic E-state index is 0.158. The smallest absolute Gasteiger partial charge is 0.307 e. The summed E-state index contributed by atoms with van der Waals surface area (Å²) in [4.78, 5) is 22.9. The summed E-state index contributed by atoms with van der Waals surface area (Å²) in [6, 6.07) is 5.26. The molecule has 5 nitrogen and oxygen atoms in total. The normalized spacial score (nSPS) is 9.89. The summed E-state index contributed by atoms with van der Waals surface area (Å²) in [7, 11) is 0. The molecule has 1 aromatic rings. The van der Waals surface area contributed by atoms with Crippen LogP contribution in [0.15, 0.2) is 18.2 Å². The van der Waals surface area contributed by atoms with Crippen molar-refractivity contribution in [2.24, 2.45) is 0 Å². The highest BCUT2D eigenvalue weighted by Gasteiger charge is 2.11. The highest BCUT2D eigenvalue weighted by atomic mass is 16.5. The van der Waals surface area contributed by atoms with E-state index in [0.29, 0.717) is 17.9 Å². The Morgan fingerprint density at radius 2 is 2.11 bits per heavy atom. The van der Waals surface area contributed by atoms with Crippen LogP contribution in [0.25, 0.3) is 0 Å². The number of aryl methyl sites for hydroxylation is 1. The molecule has 1 amide bonds. The van der Waals surface area contributed by atoms with Crippen molar-refractivity contribution in [3.8, 4) is 0 Å². The zero-order valence-corrected chi connectivity index (χ0v) is 10.7. The van der Waals surface area contributed by atoms with Gasteiger partial charge in [-0.2, -0.15) is 0 Å². The van der Waals surface area contributed by atoms with Crippen molar-refractivity contribution in [3.63, 3.8) is 0 Å². The lowest BCUT2D eigenvalue weighted by Crippen LogP contribution is -2.27. The number of para-hydroxylation sites is 1. The first-order valence-electron chi connectivity index (χ1n) is 5.85. The fraction of sp³-hybridized carbons (Fsp3) is 0.385. The summed E-state index contributed by atoms with van der Waals surface area (Å²) in [5, 5.41) is 2.64. The van der Waals surface area contributed by atoms with E-state index in [4.69, 9.17) is 10.5 Å². The first-order valence-corrected chi connectivity index (χ1v) is 5.85. The van der Waals surface area contributed by atoms with Crippen LogP contribution in [-0.4, -0.2) is 25.0 Å². The number of anilines is 1. The second kappa shape index (κ2) is 6.64. The van der Waals surface area contributed by atoms with Crippen LogP contribution in [0.3, 0.4) is 0 Å². The van der Waals surface area contributed by atoms with Gasteiger partial charge in [-0.3, -0.25) is 9.59 Å². The summed E-state index contributed by atoms with van der Waals surface area (Å²) < 4.78 is 4.76. The number of carbonyl (C=O) groups excluding carboxylic acids is 2. The molecule has 0 bridgehead atoms. The maximum Gasteiger partial charge on any atom is 0.307 e. The molecule has 18 heavy (non-hydrogen) atoms. The lowest BCUT2D eigenvalue weighted by molar-refractivity contribution is -0.142. The first kappa shape index (κ1) is 14.0. The summed E-state index contributed by atoms with van der Waals surface area (Å²) in [5.41, 5.74) is 7.56. The number of nitrogen functional groups attached to an aromatic ring is 1. The summed E-state index contributed by atoms with van der Waals surface area (Å²) in [6.45, 7) is 4.16. The molecular formula is C13H18N2O3. The number of nitrogens with one attached hydrogen (secondary N) is 1. The Morgan fingerprint density at radius 3 is 2.78 bits per heavy atom. The van der Waals surface area contributed by atoms with Gasteiger partial charge in [0.15, 0.2) is 0 Å². The van der Waals surface area contributed by atoms with E-state index in [1.54, 1.807) is 19.1 Å². The van der Waals surface area contributed by atoms with Crippen molar-refractivity contribution in [1.82, 2.24) is 5.32 Å². The van der Waals surface area contributed by atoms with E-state index in [9.17, 15) is 9.59 Å². The highest BCUT2D eigenvalue weighted by Crippen LogP contribution is 2.15. The van der Waals surface area contributed by atoms with Crippen LogP contribution < -0.4 is 11.1 Å². The number of benzene rings is 1. The van der Waals surface area contributed by atoms with Crippen molar-refractivity contribution in [1.29, 1.82) is 0 Å². The molecule has 5 heteroatoms. The van der Waals surface area contributed by atoms with E-state index in [2.05, 4.69) is 5.32 Å². The lowest BCUT2D eigenvalue weighted by atomic mass is 10.1. The molecule has 0 saturated heterocycles. The van der Waals surface area contributed by atoms with Crippen LogP contribution in [0.2, 0.25) is 0 Å². The van der Waals surface area contributed by atoms with Gasteiger partial charge in [-0.1, -0.05) is 12.1 Å². The molecule has 3 N–H and O–H groups in total. The molecule has 0 unspecified atom stereocenters. The quantitative estimate of drug-likeness (QED) is 0.609.